The molecule has 2 rings (SSSR count). The summed E-state index contributed by atoms with van der Waals surface area (Å²) >= 11 is 8.78. The van der Waals surface area contributed by atoms with E-state index in [4.69, 9.17) is 5.73 Å². The van der Waals surface area contributed by atoms with Gasteiger partial charge in [0.25, 0.3) is 0 Å². The summed E-state index contributed by atoms with van der Waals surface area (Å²) in [4.78, 5) is 2.28. The van der Waals surface area contributed by atoms with Gasteiger partial charge in [-0.1, -0.05) is 15.9 Å². The fourth-order valence-electron chi connectivity index (χ4n) is 2.22. The molecule has 1 unspecified atom stereocenters. The zero-order valence-electron chi connectivity index (χ0n) is 11.6. The average Bonchev–Trinajstić information content (AvgIpc) is 2.73. The van der Waals surface area contributed by atoms with Crippen LogP contribution in [0.2, 0.25) is 0 Å². The number of halogens is 2. The van der Waals surface area contributed by atoms with Crippen LogP contribution in [0.3, 0.4) is 0 Å². The van der Waals surface area contributed by atoms with E-state index in [1.54, 1.807) is 11.3 Å². The lowest BCUT2D eigenvalue weighted by Crippen LogP contribution is -2.22. The summed E-state index contributed by atoms with van der Waals surface area (Å²) in [7, 11) is 2.12. The molecule has 0 saturated carbocycles. The Balaban J connectivity index is 2.21. The minimum absolute atomic E-state index is 0.159. The van der Waals surface area contributed by atoms with Crippen molar-refractivity contribution in [1.29, 1.82) is 0 Å². The topological polar surface area (TPSA) is 29.3 Å². The number of rotatable bonds is 5. The van der Waals surface area contributed by atoms with Crippen LogP contribution in [0.5, 0.6) is 0 Å². The van der Waals surface area contributed by atoms with Crippen molar-refractivity contribution < 1.29 is 0 Å². The van der Waals surface area contributed by atoms with Crippen LogP contribution in [0, 0.1) is 0 Å². The lowest BCUT2D eigenvalue weighted by Gasteiger charge is -2.23. The molecule has 1 heterocycles. The summed E-state index contributed by atoms with van der Waals surface area (Å²) in [6.45, 7) is 2.94. The molecule has 0 saturated heterocycles. The fourth-order valence-corrected chi connectivity index (χ4v) is 3.83. The highest BCUT2D eigenvalue weighted by Crippen LogP contribution is 2.28. The van der Waals surface area contributed by atoms with Gasteiger partial charge in [0.15, 0.2) is 0 Å². The third-order valence-electron chi connectivity index (χ3n) is 3.04. The Morgan fingerprint density at radius 1 is 1.30 bits per heavy atom. The molecular formula is C15H18Br2N2S. The zero-order chi connectivity index (χ0) is 14.7. The fraction of sp³-hybridized carbons (Fsp3) is 0.333. The van der Waals surface area contributed by atoms with Gasteiger partial charge in [0, 0.05) is 29.8 Å². The largest absolute Gasteiger partial charge is 0.370 e. The molecule has 0 radical (unpaired) electrons. The quantitative estimate of drug-likeness (QED) is 0.756. The Hall–Kier alpha value is -0.360. The highest BCUT2D eigenvalue weighted by Gasteiger charge is 2.11. The average molecular weight is 418 g/mol. The number of anilines is 1. The number of thiophene rings is 1. The van der Waals surface area contributed by atoms with Crippen molar-refractivity contribution in [2.24, 2.45) is 5.73 Å². The minimum atomic E-state index is 0.159. The first-order chi connectivity index (χ1) is 9.45. The number of hydrogen-bond donors (Lipinski definition) is 1. The molecule has 1 aromatic heterocycles. The Bertz CT molecular complexity index is 581. The third-order valence-corrected chi connectivity index (χ3v) is 5.08. The van der Waals surface area contributed by atoms with Gasteiger partial charge in [-0.15, -0.1) is 11.3 Å². The monoisotopic (exact) mass is 416 g/mol. The van der Waals surface area contributed by atoms with Gasteiger partial charge >= 0.3 is 0 Å². The first-order valence-electron chi connectivity index (χ1n) is 6.43. The van der Waals surface area contributed by atoms with E-state index in [1.165, 1.54) is 20.6 Å². The number of nitrogens with two attached hydrogens (primary N) is 1. The second-order valence-electron chi connectivity index (χ2n) is 5.07. The van der Waals surface area contributed by atoms with Crippen LogP contribution in [0.1, 0.15) is 18.1 Å². The van der Waals surface area contributed by atoms with E-state index < -0.39 is 0 Å². The lowest BCUT2D eigenvalue weighted by atomic mass is 10.0. The lowest BCUT2D eigenvalue weighted by molar-refractivity contribution is 0.734. The van der Waals surface area contributed by atoms with Crippen molar-refractivity contribution >= 4 is 48.9 Å². The number of benzene rings is 1. The minimum Gasteiger partial charge on any atom is -0.370 e. The Morgan fingerprint density at radius 3 is 2.65 bits per heavy atom. The molecule has 0 fully saturated rings. The van der Waals surface area contributed by atoms with Crippen LogP contribution in [-0.4, -0.2) is 13.1 Å². The van der Waals surface area contributed by atoms with Gasteiger partial charge in [0.05, 0.1) is 3.79 Å². The van der Waals surface area contributed by atoms with Crippen molar-refractivity contribution in [3.63, 3.8) is 0 Å². The molecule has 0 bridgehead atoms. The molecule has 2 N–H and O–H groups in total. The molecular weight excluding hydrogens is 400 g/mol. The summed E-state index contributed by atoms with van der Waals surface area (Å²) in [6.07, 6.45) is 0.881. The van der Waals surface area contributed by atoms with Gasteiger partial charge in [-0.25, -0.2) is 0 Å². The zero-order valence-corrected chi connectivity index (χ0v) is 15.6. The van der Waals surface area contributed by atoms with Gasteiger partial charge in [-0.2, -0.15) is 0 Å². The first-order valence-corrected chi connectivity index (χ1v) is 8.90. The van der Waals surface area contributed by atoms with E-state index in [2.05, 4.69) is 73.5 Å². The molecule has 5 heteroatoms. The molecule has 2 nitrogen and oxygen atoms in total. The van der Waals surface area contributed by atoms with Crippen LogP contribution < -0.4 is 10.6 Å². The molecule has 1 aromatic carbocycles. The second kappa shape index (κ2) is 7.07. The maximum Gasteiger partial charge on any atom is 0.0701 e. The Morgan fingerprint density at radius 2 is 2.05 bits per heavy atom. The number of hydrogen-bond acceptors (Lipinski definition) is 3. The van der Waals surface area contributed by atoms with Crippen LogP contribution in [-0.2, 0) is 13.0 Å². The van der Waals surface area contributed by atoms with Gasteiger partial charge in [0.1, 0.15) is 0 Å². The van der Waals surface area contributed by atoms with Gasteiger partial charge in [0.2, 0.25) is 0 Å². The second-order valence-corrected chi connectivity index (χ2v) is 8.28. The highest BCUT2D eigenvalue weighted by atomic mass is 79.9. The summed E-state index contributed by atoms with van der Waals surface area (Å²) in [5.74, 6) is 0. The molecule has 0 spiro atoms. The van der Waals surface area contributed by atoms with Gasteiger partial charge < -0.3 is 10.6 Å². The van der Waals surface area contributed by atoms with E-state index in [1.807, 2.05) is 6.92 Å². The van der Waals surface area contributed by atoms with Crippen molar-refractivity contribution in [1.82, 2.24) is 0 Å². The molecule has 0 aliphatic heterocycles. The van der Waals surface area contributed by atoms with E-state index in [9.17, 15) is 0 Å². The van der Waals surface area contributed by atoms with Crippen molar-refractivity contribution in [2.75, 3.05) is 11.9 Å². The molecule has 0 aliphatic carbocycles. The Kier molecular flexibility index (Phi) is 5.66. The standard InChI is InChI=1S/C15H18Br2N2S/c1-10(18)5-12-7-13(16)3-4-14(12)19(2)8-11-6-15(17)20-9-11/h3-4,6-7,9-10H,5,8,18H2,1-2H3. The maximum absolute atomic E-state index is 5.96. The molecule has 0 aliphatic rings. The maximum atomic E-state index is 5.96. The van der Waals surface area contributed by atoms with Gasteiger partial charge in [-0.3, -0.25) is 0 Å². The van der Waals surface area contributed by atoms with Gasteiger partial charge in [-0.05, 0) is 70.0 Å². The van der Waals surface area contributed by atoms with E-state index in [0.717, 1.165) is 17.4 Å². The molecule has 20 heavy (non-hydrogen) atoms. The molecule has 2 aromatic rings. The summed E-state index contributed by atoms with van der Waals surface area (Å²) < 4.78 is 2.27. The van der Waals surface area contributed by atoms with Crippen molar-refractivity contribution in [3.05, 3.63) is 49.0 Å². The smallest absolute Gasteiger partial charge is 0.0701 e. The van der Waals surface area contributed by atoms with Crippen LogP contribution in [0.15, 0.2) is 37.9 Å². The van der Waals surface area contributed by atoms with Crippen LogP contribution >= 0.6 is 43.2 Å². The van der Waals surface area contributed by atoms with Crippen LogP contribution in [0.4, 0.5) is 5.69 Å². The predicted molar refractivity (Wildman–Crippen MR) is 95.6 cm³/mol. The Labute approximate surface area is 141 Å². The van der Waals surface area contributed by atoms with Crippen molar-refractivity contribution in [2.45, 2.75) is 25.9 Å². The van der Waals surface area contributed by atoms with E-state index in [-0.39, 0.29) is 6.04 Å². The normalized spacial score (nSPS) is 12.4. The van der Waals surface area contributed by atoms with Crippen LogP contribution in [0.25, 0.3) is 0 Å². The molecule has 0 amide bonds. The van der Waals surface area contributed by atoms with E-state index >= 15 is 0 Å². The first kappa shape index (κ1) is 16.0. The van der Waals surface area contributed by atoms with Crippen molar-refractivity contribution in [3.8, 4) is 0 Å². The third kappa shape index (κ3) is 4.32. The summed E-state index contributed by atoms with van der Waals surface area (Å²) in [5, 5.41) is 2.19. The summed E-state index contributed by atoms with van der Waals surface area (Å²) in [6, 6.07) is 8.74. The summed E-state index contributed by atoms with van der Waals surface area (Å²) in [5.41, 5.74) is 9.81. The highest BCUT2D eigenvalue weighted by molar-refractivity contribution is 9.11. The molecule has 108 valence electrons. The number of nitrogens with zero attached hydrogens (tertiary/aromatic N) is 1. The molecule has 1 atom stereocenters. The van der Waals surface area contributed by atoms with E-state index in [0.29, 0.717) is 0 Å². The predicted octanol–water partition coefficient (Wildman–Crippen LogP) is 4.80. The SMILES string of the molecule is CC(N)Cc1cc(Br)ccc1N(C)Cc1csc(Br)c1.